The van der Waals surface area contributed by atoms with Crippen molar-refractivity contribution in [2.45, 2.75) is 19.4 Å². The van der Waals surface area contributed by atoms with Crippen molar-refractivity contribution >= 4 is 11.5 Å². The highest BCUT2D eigenvalue weighted by Crippen LogP contribution is 2.13. The van der Waals surface area contributed by atoms with Gasteiger partial charge in [-0.25, -0.2) is 4.98 Å². The third kappa shape index (κ3) is 3.78. The van der Waals surface area contributed by atoms with Gasteiger partial charge < -0.3 is 15.2 Å². The third-order valence-corrected chi connectivity index (χ3v) is 3.48. The maximum atomic E-state index is 10.1. The van der Waals surface area contributed by atoms with Crippen LogP contribution >= 0.6 is 0 Å². The Hall–Kier alpha value is -2.60. The van der Waals surface area contributed by atoms with Gasteiger partial charge in [-0.3, -0.25) is 0 Å². The zero-order valence-electron chi connectivity index (χ0n) is 13.0. The molecule has 1 aromatic carbocycles. The average molecular weight is 312 g/mol. The van der Waals surface area contributed by atoms with Gasteiger partial charge in [-0.2, -0.15) is 9.61 Å². The first-order valence-electron chi connectivity index (χ1n) is 7.69. The van der Waals surface area contributed by atoms with E-state index in [1.807, 2.05) is 42.5 Å². The predicted molar refractivity (Wildman–Crippen MR) is 88.8 cm³/mol. The number of rotatable bonds is 7. The molecule has 2 aromatic heterocycles. The van der Waals surface area contributed by atoms with Gasteiger partial charge in [-0.15, -0.1) is 0 Å². The Labute approximate surface area is 134 Å². The van der Waals surface area contributed by atoms with Crippen LogP contribution in [0, 0.1) is 0 Å². The maximum Gasteiger partial charge on any atom is 0.157 e. The van der Waals surface area contributed by atoms with Gasteiger partial charge in [-0.05, 0) is 18.6 Å². The fourth-order valence-electron chi connectivity index (χ4n) is 2.26. The van der Waals surface area contributed by atoms with Crippen molar-refractivity contribution in [3.05, 3.63) is 54.4 Å². The number of nitrogens with zero attached hydrogens (tertiary/aromatic N) is 3. The molecule has 0 amide bonds. The Kier molecular flexibility index (Phi) is 4.73. The molecule has 6 heteroatoms. The van der Waals surface area contributed by atoms with Crippen molar-refractivity contribution in [3.63, 3.8) is 0 Å². The largest absolute Gasteiger partial charge is 0.491 e. The van der Waals surface area contributed by atoms with Crippen molar-refractivity contribution in [2.75, 3.05) is 18.5 Å². The van der Waals surface area contributed by atoms with Crippen molar-refractivity contribution in [2.24, 2.45) is 0 Å². The number of hydrogen-bond acceptors (Lipinski definition) is 5. The van der Waals surface area contributed by atoms with Crippen molar-refractivity contribution in [1.82, 2.24) is 14.6 Å². The number of ether oxygens (including phenoxy) is 1. The summed E-state index contributed by atoms with van der Waals surface area (Å²) in [4.78, 5) is 4.49. The molecule has 23 heavy (non-hydrogen) atoms. The summed E-state index contributed by atoms with van der Waals surface area (Å²) < 4.78 is 7.27. The zero-order valence-corrected chi connectivity index (χ0v) is 13.0. The lowest BCUT2D eigenvalue weighted by atomic mass is 10.3. The van der Waals surface area contributed by atoms with Crippen LogP contribution in [0.5, 0.6) is 5.75 Å². The van der Waals surface area contributed by atoms with Crippen molar-refractivity contribution in [1.29, 1.82) is 0 Å². The van der Waals surface area contributed by atoms with E-state index in [0.29, 0.717) is 6.54 Å². The van der Waals surface area contributed by atoms with Crippen LogP contribution in [-0.4, -0.2) is 39.0 Å². The lowest BCUT2D eigenvalue weighted by Gasteiger charge is -2.15. The normalized spacial score (nSPS) is 12.3. The third-order valence-electron chi connectivity index (χ3n) is 3.48. The molecule has 6 nitrogen and oxygen atoms in total. The van der Waals surface area contributed by atoms with Crippen molar-refractivity contribution in [3.8, 4) is 5.75 Å². The molecule has 2 N–H and O–H groups in total. The minimum Gasteiger partial charge on any atom is -0.491 e. The lowest BCUT2D eigenvalue weighted by molar-refractivity contribution is 0.117. The molecule has 3 rings (SSSR count). The number of hydrogen-bond donors (Lipinski definition) is 2. The Bertz CT molecular complexity index is 758. The molecular formula is C17H20N4O2. The number of aliphatic hydroxyl groups excluding tert-OH is 1. The molecule has 0 spiro atoms. The number of nitrogens with one attached hydrogen (secondary N) is 1. The molecule has 0 radical (unpaired) electrons. The van der Waals surface area contributed by atoms with E-state index in [0.717, 1.165) is 29.3 Å². The summed E-state index contributed by atoms with van der Waals surface area (Å²) >= 11 is 0. The van der Waals surface area contributed by atoms with Gasteiger partial charge in [0.1, 0.15) is 24.3 Å². The number of aryl methyl sites for hydroxylation is 1. The van der Waals surface area contributed by atoms with Gasteiger partial charge in [0.15, 0.2) is 5.65 Å². The molecule has 0 saturated carbocycles. The van der Waals surface area contributed by atoms with Crippen LogP contribution in [0.1, 0.15) is 12.6 Å². The van der Waals surface area contributed by atoms with E-state index >= 15 is 0 Å². The first-order valence-corrected chi connectivity index (χ1v) is 7.69. The van der Waals surface area contributed by atoms with E-state index in [1.165, 1.54) is 0 Å². The minimum absolute atomic E-state index is 0.227. The van der Waals surface area contributed by atoms with E-state index in [-0.39, 0.29) is 6.61 Å². The first kappa shape index (κ1) is 15.3. The number of aliphatic hydroxyl groups is 1. The molecule has 0 bridgehead atoms. The smallest absolute Gasteiger partial charge is 0.157 e. The lowest BCUT2D eigenvalue weighted by Crippen LogP contribution is -2.27. The fraction of sp³-hybridized carbons (Fsp3) is 0.294. The zero-order chi connectivity index (χ0) is 16.1. The number of aromatic nitrogens is 3. The summed E-state index contributed by atoms with van der Waals surface area (Å²) in [5, 5.41) is 17.5. The maximum absolute atomic E-state index is 10.1. The van der Waals surface area contributed by atoms with Gasteiger partial charge in [0, 0.05) is 24.4 Å². The molecule has 2 heterocycles. The standard InChI is InChI=1S/C17H20N4O2/c1-2-13-10-17(21-16(20-13)8-9-19-21)18-11-14(22)12-23-15-6-4-3-5-7-15/h3-10,14,18,22H,2,11-12H2,1H3/t14-/m0/s1. The second-order valence-electron chi connectivity index (χ2n) is 5.25. The Balaban J connectivity index is 1.60. The highest BCUT2D eigenvalue weighted by molar-refractivity contribution is 5.49. The predicted octanol–water partition coefficient (Wildman–Crippen LogP) is 2.14. The summed E-state index contributed by atoms with van der Waals surface area (Å²) in [5.74, 6) is 1.56. The van der Waals surface area contributed by atoms with Gasteiger partial charge in [0.05, 0.1) is 6.20 Å². The second kappa shape index (κ2) is 7.11. The van der Waals surface area contributed by atoms with Gasteiger partial charge in [-0.1, -0.05) is 25.1 Å². The Morgan fingerprint density at radius 1 is 1.26 bits per heavy atom. The van der Waals surface area contributed by atoms with E-state index in [9.17, 15) is 5.11 Å². The van der Waals surface area contributed by atoms with E-state index in [4.69, 9.17) is 4.74 Å². The summed E-state index contributed by atoms with van der Waals surface area (Å²) in [6.07, 6.45) is 1.93. The Morgan fingerprint density at radius 2 is 2.09 bits per heavy atom. The summed E-state index contributed by atoms with van der Waals surface area (Å²) in [7, 11) is 0. The molecule has 0 fully saturated rings. The number of benzene rings is 1. The van der Waals surface area contributed by atoms with Gasteiger partial charge in [0.25, 0.3) is 0 Å². The summed E-state index contributed by atoms with van der Waals surface area (Å²) in [6.45, 7) is 2.65. The first-order chi connectivity index (χ1) is 11.3. The topological polar surface area (TPSA) is 71.7 Å². The molecule has 0 aliphatic heterocycles. The molecule has 3 aromatic rings. The highest BCUT2D eigenvalue weighted by Gasteiger charge is 2.09. The van der Waals surface area contributed by atoms with Crippen LogP contribution in [0.2, 0.25) is 0 Å². The molecule has 0 saturated heterocycles. The van der Waals surface area contributed by atoms with Gasteiger partial charge >= 0.3 is 0 Å². The van der Waals surface area contributed by atoms with Crippen LogP contribution in [0.15, 0.2) is 48.7 Å². The fourth-order valence-corrected chi connectivity index (χ4v) is 2.26. The number of para-hydroxylation sites is 1. The van der Waals surface area contributed by atoms with Crippen LogP contribution < -0.4 is 10.1 Å². The molecule has 0 unspecified atom stereocenters. The number of fused-ring (bicyclic) bond motifs is 1. The molecule has 0 aliphatic rings. The van der Waals surface area contributed by atoms with Crippen molar-refractivity contribution < 1.29 is 9.84 Å². The summed E-state index contributed by atoms with van der Waals surface area (Å²) in [6, 6.07) is 13.3. The van der Waals surface area contributed by atoms with Crippen LogP contribution in [0.4, 0.5) is 5.82 Å². The highest BCUT2D eigenvalue weighted by atomic mass is 16.5. The van der Waals surface area contributed by atoms with Crippen LogP contribution in [0.3, 0.4) is 0 Å². The van der Waals surface area contributed by atoms with E-state index in [1.54, 1.807) is 10.7 Å². The monoisotopic (exact) mass is 312 g/mol. The molecular weight excluding hydrogens is 292 g/mol. The average Bonchev–Trinajstić information content (AvgIpc) is 3.07. The summed E-state index contributed by atoms with van der Waals surface area (Å²) in [5.41, 5.74) is 1.78. The quantitative estimate of drug-likeness (QED) is 0.699. The van der Waals surface area contributed by atoms with Gasteiger partial charge in [0.2, 0.25) is 0 Å². The van der Waals surface area contributed by atoms with Crippen LogP contribution in [-0.2, 0) is 6.42 Å². The molecule has 0 aliphatic carbocycles. The van der Waals surface area contributed by atoms with Crippen LogP contribution in [0.25, 0.3) is 5.65 Å². The number of anilines is 1. The van der Waals surface area contributed by atoms with E-state index in [2.05, 4.69) is 22.3 Å². The second-order valence-corrected chi connectivity index (χ2v) is 5.25. The minimum atomic E-state index is -0.626. The van der Waals surface area contributed by atoms with E-state index < -0.39 is 6.10 Å². The SMILES string of the molecule is CCc1cc(NC[C@H](O)COc2ccccc2)n2nccc2n1. The molecule has 120 valence electrons. The molecule has 1 atom stereocenters. The Morgan fingerprint density at radius 3 is 2.87 bits per heavy atom.